The predicted molar refractivity (Wildman–Crippen MR) is 107 cm³/mol. The van der Waals surface area contributed by atoms with Crippen LogP contribution in [0.25, 0.3) is 17.2 Å². The molecule has 9 heteroatoms. The van der Waals surface area contributed by atoms with Crippen molar-refractivity contribution in [3.63, 3.8) is 0 Å². The average molecular weight is 422 g/mol. The number of aromatic nitrogens is 1. The first-order chi connectivity index (χ1) is 13.2. The van der Waals surface area contributed by atoms with E-state index in [4.69, 9.17) is 20.6 Å². The summed E-state index contributed by atoms with van der Waals surface area (Å²) in [6.07, 6.45) is 1.49. The zero-order valence-electron chi connectivity index (χ0n) is 14.9. The summed E-state index contributed by atoms with van der Waals surface area (Å²) in [5.41, 5.74) is 1.99. The summed E-state index contributed by atoms with van der Waals surface area (Å²) >= 11 is 6.05. The third-order valence-corrected chi connectivity index (χ3v) is 4.90. The number of nitrogens with zero attached hydrogens (tertiary/aromatic N) is 1. The van der Waals surface area contributed by atoms with Crippen LogP contribution in [0, 0.1) is 0 Å². The minimum atomic E-state index is -4.19. The smallest absolute Gasteiger partial charge is 0.376 e. The molecule has 146 valence electrons. The van der Waals surface area contributed by atoms with Gasteiger partial charge < -0.3 is 9.73 Å². The van der Waals surface area contributed by atoms with Gasteiger partial charge in [-0.3, -0.25) is 9.35 Å². The highest BCUT2D eigenvalue weighted by atomic mass is 35.5. The summed E-state index contributed by atoms with van der Waals surface area (Å²) < 4.78 is 38.9. The van der Waals surface area contributed by atoms with Gasteiger partial charge in [-0.25, -0.2) is 0 Å². The van der Waals surface area contributed by atoms with Crippen molar-refractivity contribution in [1.82, 2.24) is 0 Å². The number of oxazole rings is 1. The SMILES string of the molecule is CC(=O)C(=Cc1oc2ccc(Cl)cc2[n+]1CCS(=O)(=O)O)Nc1ccccc1. The van der Waals surface area contributed by atoms with Gasteiger partial charge in [-0.1, -0.05) is 29.8 Å². The second-order valence-electron chi connectivity index (χ2n) is 6.10. The maximum Gasteiger partial charge on any atom is 0.376 e. The van der Waals surface area contributed by atoms with Crippen LogP contribution < -0.4 is 9.88 Å². The van der Waals surface area contributed by atoms with E-state index in [0.29, 0.717) is 21.8 Å². The van der Waals surface area contributed by atoms with E-state index in [0.717, 1.165) is 0 Å². The van der Waals surface area contributed by atoms with Gasteiger partial charge in [0.05, 0.1) is 11.8 Å². The molecular weight excluding hydrogens is 404 g/mol. The van der Waals surface area contributed by atoms with Gasteiger partial charge in [0.2, 0.25) is 5.58 Å². The number of anilines is 1. The predicted octanol–water partition coefficient (Wildman–Crippen LogP) is 3.30. The Labute approximate surface area is 167 Å². The molecule has 7 nitrogen and oxygen atoms in total. The number of rotatable bonds is 7. The Bertz CT molecular complexity index is 1150. The summed E-state index contributed by atoms with van der Waals surface area (Å²) in [4.78, 5) is 12.1. The number of halogens is 1. The van der Waals surface area contributed by atoms with E-state index < -0.39 is 15.9 Å². The molecule has 2 aromatic carbocycles. The fraction of sp³-hybridized carbons (Fsp3) is 0.158. The van der Waals surface area contributed by atoms with Crippen LogP contribution in [0.1, 0.15) is 12.8 Å². The first-order valence-corrected chi connectivity index (χ1v) is 10.3. The Balaban J connectivity index is 2.08. The number of carbonyl (C=O) groups excluding carboxylic acids is 1. The Hall–Kier alpha value is -2.68. The van der Waals surface area contributed by atoms with E-state index in [1.54, 1.807) is 22.8 Å². The molecule has 0 bridgehead atoms. The molecule has 0 aliphatic rings. The minimum Gasteiger partial charge on any atom is -0.398 e. The fourth-order valence-electron chi connectivity index (χ4n) is 2.65. The highest BCUT2D eigenvalue weighted by Gasteiger charge is 2.24. The number of hydrogen-bond donors (Lipinski definition) is 2. The van der Waals surface area contributed by atoms with Crippen LogP contribution in [0.4, 0.5) is 5.69 Å². The van der Waals surface area contributed by atoms with Crippen molar-refractivity contribution in [2.45, 2.75) is 13.5 Å². The fourth-order valence-corrected chi connectivity index (χ4v) is 3.22. The molecule has 3 aromatic rings. The third-order valence-electron chi connectivity index (χ3n) is 3.97. The van der Waals surface area contributed by atoms with Gasteiger partial charge in [0.25, 0.3) is 15.6 Å². The number of ketones is 1. The van der Waals surface area contributed by atoms with Crippen LogP contribution in [-0.2, 0) is 21.5 Å². The molecule has 3 rings (SSSR count). The number of allylic oxidation sites excluding steroid dienone is 1. The van der Waals surface area contributed by atoms with Gasteiger partial charge in [0.15, 0.2) is 12.3 Å². The standard InChI is InChI=1S/C19H17ClN2O5S/c1-13(23)16(21-15-5-3-2-4-6-15)12-19-22(9-10-28(24,25)26)17-11-14(20)7-8-18(17)27-19/h2-8,11-12H,9-10H2,1H3,(H,24,25,26)/p+1. The van der Waals surface area contributed by atoms with Crippen molar-refractivity contribution in [3.05, 3.63) is 65.1 Å². The Morgan fingerprint density at radius 2 is 1.96 bits per heavy atom. The molecule has 0 aliphatic heterocycles. The molecule has 0 amide bonds. The van der Waals surface area contributed by atoms with Crippen LogP contribution in [0.3, 0.4) is 0 Å². The zero-order valence-corrected chi connectivity index (χ0v) is 16.5. The van der Waals surface area contributed by atoms with Gasteiger partial charge in [0, 0.05) is 23.7 Å². The monoisotopic (exact) mass is 421 g/mol. The number of carbonyl (C=O) groups is 1. The number of benzene rings is 2. The molecule has 1 heterocycles. The molecule has 2 N–H and O–H groups in total. The van der Waals surface area contributed by atoms with E-state index >= 15 is 0 Å². The number of nitrogens with one attached hydrogen (secondary N) is 1. The lowest BCUT2D eigenvalue weighted by Crippen LogP contribution is -2.38. The summed E-state index contributed by atoms with van der Waals surface area (Å²) in [6.45, 7) is 1.33. The molecule has 0 aliphatic carbocycles. The first-order valence-electron chi connectivity index (χ1n) is 8.35. The quantitative estimate of drug-likeness (QED) is 0.345. The van der Waals surface area contributed by atoms with Gasteiger partial charge in [-0.15, -0.1) is 0 Å². The summed E-state index contributed by atoms with van der Waals surface area (Å²) in [5.74, 6) is -0.500. The topological polar surface area (TPSA) is 100 Å². The van der Waals surface area contributed by atoms with E-state index in [-0.39, 0.29) is 23.9 Å². The highest BCUT2D eigenvalue weighted by molar-refractivity contribution is 7.85. The average Bonchev–Trinajstić information content (AvgIpc) is 2.96. The lowest BCUT2D eigenvalue weighted by Gasteiger charge is -2.06. The lowest BCUT2D eigenvalue weighted by molar-refractivity contribution is -0.673. The zero-order chi connectivity index (χ0) is 20.3. The largest absolute Gasteiger partial charge is 0.398 e. The van der Waals surface area contributed by atoms with Crippen LogP contribution in [0.15, 0.2) is 58.6 Å². The van der Waals surface area contributed by atoms with Crippen LogP contribution in [0.5, 0.6) is 0 Å². The third kappa shape index (κ3) is 4.98. The van der Waals surface area contributed by atoms with Crippen molar-refractivity contribution < 1.29 is 26.7 Å². The molecule has 0 fully saturated rings. The molecule has 0 atom stereocenters. The van der Waals surface area contributed by atoms with Gasteiger partial charge in [-0.05, 0) is 24.3 Å². The number of aryl methyl sites for hydroxylation is 1. The number of fused-ring (bicyclic) bond motifs is 1. The Kier molecular flexibility index (Phi) is 5.83. The molecule has 0 spiro atoms. The first kappa shape index (κ1) is 20.1. The van der Waals surface area contributed by atoms with Crippen molar-refractivity contribution in [2.75, 3.05) is 11.1 Å². The molecule has 1 aromatic heterocycles. The highest BCUT2D eigenvalue weighted by Crippen LogP contribution is 2.21. The van der Waals surface area contributed by atoms with Gasteiger partial charge >= 0.3 is 5.89 Å². The van der Waals surface area contributed by atoms with E-state index in [1.165, 1.54) is 13.0 Å². The number of Topliss-reactive ketones (excluding diaryl/α,β-unsaturated/α-hetero) is 1. The molecule has 0 radical (unpaired) electrons. The molecule has 28 heavy (non-hydrogen) atoms. The minimum absolute atomic E-state index is 0.0749. The van der Waals surface area contributed by atoms with Gasteiger partial charge in [-0.2, -0.15) is 13.0 Å². The van der Waals surface area contributed by atoms with Crippen molar-refractivity contribution in [3.8, 4) is 0 Å². The summed E-state index contributed by atoms with van der Waals surface area (Å²) in [5, 5.41) is 3.47. The second kappa shape index (κ2) is 8.14. The normalized spacial score (nSPS) is 12.3. The van der Waals surface area contributed by atoms with E-state index in [2.05, 4.69) is 5.32 Å². The van der Waals surface area contributed by atoms with Crippen molar-refractivity contribution >= 4 is 50.4 Å². The maximum absolute atomic E-state index is 12.1. The lowest BCUT2D eigenvalue weighted by atomic mass is 10.2. The summed E-state index contributed by atoms with van der Waals surface area (Å²) in [7, 11) is -4.19. The Morgan fingerprint density at radius 3 is 2.61 bits per heavy atom. The van der Waals surface area contributed by atoms with Gasteiger partial charge in [0.1, 0.15) is 5.75 Å². The van der Waals surface area contributed by atoms with Crippen LogP contribution in [-0.4, -0.2) is 24.5 Å². The molecule has 0 unspecified atom stereocenters. The van der Waals surface area contributed by atoms with Crippen LogP contribution >= 0.6 is 11.6 Å². The van der Waals surface area contributed by atoms with Crippen molar-refractivity contribution in [2.24, 2.45) is 0 Å². The van der Waals surface area contributed by atoms with Crippen LogP contribution in [0.2, 0.25) is 5.02 Å². The second-order valence-corrected chi connectivity index (χ2v) is 8.10. The van der Waals surface area contributed by atoms with E-state index in [9.17, 15) is 13.2 Å². The number of para-hydroxylation sites is 1. The molecule has 0 saturated carbocycles. The summed E-state index contributed by atoms with van der Waals surface area (Å²) in [6, 6.07) is 14.0. The molecule has 0 saturated heterocycles. The van der Waals surface area contributed by atoms with E-state index in [1.807, 2.05) is 30.3 Å². The Morgan fingerprint density at radius 1 is 1.25 bits per heavy atom. The maximum atomic E-state index is 12.1. The van der Waals surface area contributed by atoms with Crippen molar-refractivity contribution in [1.29, 1.82) is 0 Å². The molecular formula is C19H18ClN2O5S+. The number of hydrogen-bond acceptors (Lipinski definition) is 5.